The van der Waals surface area contributed by atoms with Crippen LogP contribution in [0.15, 0.2) is 41.8 Å². The first-order valence-electron chi connectivity index (χ1n) is 7.46. The molecule has 26 heavy (non-hydrogen) atoms. The molecule has 0 unspecified atom stereocenters. The first-order valence-corrected chi connectivity index (χ1v) is 8.75. The van der Waals surface area contributed by atoms with Crippen LogP contribution in [0.2, 0.25) is 0 Å². The van der Waals surface area contributed by atoms with E-state index in [4.69, 9.17) is 12.2 Å². The van der Waals surface area contributed by atoms with Crippen molar-refractivity contribution in [3.63, 3.8) is 0 Å². The summed E-state index contributed by atoms with van der Waals surface area (Å²) in [4.78, 5) is 13.1. The van der Waals surface area contributed by atoms with Crippen LogP contribution in [0.3, 0.4) is 0 Å². The molecule has 0 bridgehead atoms. The highest BCUT2D eigenvalue weighted by atomic mass is 32.1. The van der Waals surface area contributed by atoms with E-state index in [1.54, 1.807) is 4.57 Å². The van der Waals surface area contributed by atoms with Gasteiger partial charge in [0.2, 0.25) is 5.91 Å². The van der Waals surface area contributed by atoms with E-state index in [2.05, 4.69) is 15.5 Å². The quantitative estimate of drug-likeness (QED) is 0.639. The van der Waals surface area contributed by atoms with Crippen LogP contribution in [-0.2, 0) is 24.1 Å². The number of hydrogen-bond acceptors (Lipinski definition) is 4. The molecule has 0 aliphatic rings. The molecule has 0 saturated heterocycles. The number of nitrogens with zero attached hydrogens (tertiary/aromatic N) is 2. The number of hydrogen-bond donors (Lipinski definition) is 2. The smallest absolute Gasteiger partial charge is 0.350 e. The minimum Gasteiger partial charge on any atom is -0.350 e. The van der Waals surface area contributed by atoms with Gasteiger partial charge in [-0.05, 0) is 41.4 Å². The number of H-pyrrole nitrogens is 1. The van der Waals surface area contributed by atoms with Crippen molar-refractivity contribution in [1.82, 2.24) is 20.1 Å². The molecule has 0 radical (unpaired) electrons. The average molecular weight is 398 g/mol. The third kappa shape index (κ3) is 4.20. The van der Waals surface area contributed by atoms with Crippen LogP contribution < -0.4 is 5.32 Å². The predicted molar refractivity (Wildman–Crippen MR) is 94.0 cm³/mol. The van der Waals surface area contributed by atoms with Gasteiger partial charge in [-0.25, -0.2) is 0 Å². The molecule has 0 aliphatic carbocycles. The Kier molecular flexibility index (Phi) is 5.23. The fourth-order valence-corrected chi connectivity index (χ4v) is 3.23. The average Bonchev–Trinajstić information content (AvgIpc) is 3.23. The summed E-state index contributed by atoms with van der Waals surface area (Å²) in [5.41, 5.74) is -0.385. The number of amides is 1. The number of carbonyl (C=O) groups excluding carboxylic acids is 1. The molecule has 10 heteroatoms. The summed E-state index contributed by atoms with van der Waals surface area (Å²) in [6.45, 7) is -0.0935. The van der Waals surface area contributed by atoms with Crippen molar-refractivity contribution in [1.29, 1.82) is 0 Å². The molecule has 1 aromatic carbocycles. The molecule has 3 rings (SSSR count). The number of rotatable bonds is 5. The highest BCUT2D eigenvalue weighted by Gasteiger charge is 2.30. The van der Waals surface area contributed by atoms with Gasteiger partial charge in [-0.2, -0.15) is 18.3 Å². The van der Waals surface area contributed by atoms with Crippen LogP contribution in [0.25, 0.3) is 10.7 Å². The minimum absolute atomic E-state index is 0.0116. The standard InChI is InChI=1S/C16H13F3N4OS2/c17-16(18,19)11-4-1-3-10(7-11)8-20-13(24)9-23-14(21-22-15(23)25)12-5-2-6-26-12/h1-7H,8-9H2,(H,20,24)(H,22,25). The number of benzene rings is 1. The Bertz CT molecular complexity index is 961. The Labute approximate surface area is 155 Å². The van der Waals surface area contributed by atoms with Crippen LogP contribution in [0, 0.1) is 4.77 Å². The third-order valence-corrected chi connectivity index (χ3v) is 4.72. The molecule has 136 valence electrons. The van der Waals surface area contributed by atoms with Crippen LogP contribution >= 0.6 is 23.6 Å². The van der Waals surface area contributed by atoms with Gasteiger partial charge >= 0.3 is 6.18 Å². The molecule has 2 aromatic heterocycles. The molecular weight excluding hydrogens is 385 g/mol. The van der Waals surface area contributed by atoms with Crippen molar-refractivity contribution in [2.45, 2.75) is 19.3 Å². The Hall–Kier alpha value is -2.46. The summed E-state index contributed by atoms with van der Waals surface area (Å²) >= 11 is 6.60. The topological polar surface area (TPSA) is 62.7 Å². The van der Waals surface area contributed by atoms with Crippen LogP contribution in [0.4, 0.5) is 13.2 Å². The fraction of sp³-hybridized carbons (Fsp3) is 0.188. The number of halogens is 3. The van der Waals surface area contributed by atoms with Crippen molar-refractivity contribution >= 4 is 29.5 Å². The second kappa shape index (κ2) is 7.42. The van der Waals surface area contributed by atoms with Gasteiger partial charge in [-0.15, -0.1) is 11.3 Å². The molecule has 3 aromatic rings. The number of thiophene rings is 1. The van der Waals surface area contributed by atoms with Gasteiger partial charge in [0.1, 0.15) is 6.54 Å². The molecule has 0 aliphatic heterocycles. The SMILES string of the molecule is O=C(Cn1c(-c2cccs2)n[nH]c1=S)NCc1cccc(C(F)(F)F)c1. The molecule has 2 N–H and O–H groups in total. The monoisotopic (exact) mass is 398 g/mol. The number of aromatic amines is 1. The lowest BCUT2D eigenvalue weighted by Gasteiger charge is -2.10. The maximum absolute atomic E-state index is 12.7. The summed E-state index contributed by atoms with van der Waals surface area (Å²) in [7, 11) is 0. The fourth-order valence-electron chi connectivity index (χ4n) is 2.32. The van der Waals surface area contributed by atoms with E-state index in [0.717, 1.165) is 17.0 Å². The molecular formula is C16H13F3N4OS2. The summed E-state index contributed by atoms with van der Waals surface area (Å²) in [5.74, 6) is 0.164. The Morgan fingerprint density at radius 2 is 2.12 bits per heavy atom. The number of alkyl halides is 3. The van der Waals surface area contributed by atoms with Crippen LogP contribution in [0.1, 0.15) is 11.1 Å². The molecule has 0 atom stereocenters. The first kappa shape index (κ1) is 18.3. The van der Waals surface area contributed by atoms with E-state index in [0.29, 0.717) is 16.2 Å². The molecule has 0 saturated carbocycles. The zero-order chi connectivity index (χ0) is 18.7. The number of aromatic nitrogens is 3. The highest BCUT2D eigenvalue weighted by molar-refractivity contribution is 7.71. The third-order valence-electron chi connectivity index (χ3n) is 3.55. The Morgan fingerprint density at radius 3 is 2.81 bits per heavy atom. The molecule has 0 fully saturated rings. The first-order chi connectivity index (χ1) is 12.3. The van der Waals surface area contributed by atoms with E-state index in [9.17, 15) is 18.0 Å². The van der Waals surface area contributed by atoms with Gasteiger partial charge in [0.15, 0.2) is 10.6 Å². The zero-order valence-electron chi connectivity index (χ0n) is 13.2. The molecule has 5 nitrogen and oxygen atoms in total. The van der Waals surface area contributed by atoms with Crippen molar-refractivity contribution in [2.75, 3.05) is 0 Å². The number of nitrogens with one attached hydrogen (secondary N) is 2. The van der Waals surface area contributed by atoms with Gasteiger partial charge in [0.05, 0.1) is 10.4 Å². The maximum atomic E-state index is 12.7. The van der Waals surface area contributed by atoms with E-state index in [1.165, 1.54) is 23.5 Å². The van der Waals surface area contributed by atoms with Gasteiger partial charge in [-0.3, -0.25) is 14.5 Å². The normalized spacial score (nSPS) is 11.5. The van der Waals surface area contributed by atoms with Crippen molar-refractivity contribution in [3.05, 3.63) is 57.7 Å². The minimum atomic E-state index is -4.42. The molecule has 0 spiro atoms. The summed E-state index contributed by atoms with van der Waals surface area (Å²) in [5, 5.41) is 11.2. The summed E-state index contributed by atoms with van der Waals surface area (Å²) in [6, 6.07) is 8.55. The molecule has 2 heterocycles. The van der Waals surface area contributed by atoms with Crippen molar-refractivity contribution < 1.29 is 18.0 Å². The Balaban J connectivity index is 1.68. The van der Waals surface area contributed by atoms with E-state index in [1.807, 2.05) is 17.5 Å². The second-order valence-corrected chi connectivity index (χ2v) is 6.73. The van der Waals surface area contributed by atoms with Crippen molar-refractivity contribution in [2.24, 2.45) is 0 Å². The predicted octanol–water partition coefficient (Wildman–Crippen LogP) is 4.00. The van der Waals surface area contributed by atoms with Crippen LogP contribution in [-0.4, -0.2) is 20.7 Å². The van der Waals surface area contributed by atoms with E-state index in [-0.39, 0.29) is 19.0 Å². The van der Waals surface area contributed by atoms with Crippen molar-refractivity contribution in [3.8, 4) is 10.7 Å². The van der Waals surface area contributed by atoms with E-state index < -0.39 is 11.7 Å². The number of carbonyl (C=O) groups is 1. The zero-order valence-corrected chi connectivity index (χ0v) is 14.8. The maximum Gasteiger partial charge on any atom is 0.416 e. The van der Waals surface area contributed by atoms with Gasteiger partial charge in [0, 0.05) is 6.54 Å². The van der Waals surface area contributed by atoms with Crippen LogP contribution in [0.5, 0.6) is 0 Å². The lowest BCUT2D eigenvalue weighted by molar-refractivity contribution is -0.137. The van der Waals surface area contributed by atoms with Gasteiger partial charge in [0.25, 0.3) is 0 Å². The second-order valence-electron chi connectivity index (χ2n) is 5.39. The van der Waals surface area contributed by atoms with E-state index >= 15 is 0 Å². The lowest BCUT2D eigenvalue weighted by atomic mass is 10.1. The van der Waals surface area contributed by atoms with Gasteiger partial charge < -0.3 is 5.32 Å². The lowest BCUT2D eigenvalue weighted by Crippen LogP contribution is -2.27. The largest absolute Gasteiger partial charge is 0.416 e. The molecule has 1 amide bonds. The Morgan fingerprint density at radius 1 is 1.31 bits per heavy atom. The van der Waals surface area contributed by atoms with Gasteiger partial charge in [-0.1, -0.05) is 18.2 Å². The highest BCUT2D eigenvalue weighted by Crippen LogP contribution is 2.29. The summed E-state index contributed by atoms with van der Waals surface area (Å²) in [6.07, 6.45) is -4.42. The summed E-state index contributed by atoms with van der Waals surface area (Å²) < 4.78 is 40.0.